The van der Waals surface area contributed by atoms with Gasteiger partial charge >= 0.3 is 0 Å². The van der Waals surface area contributed by atoms with Crippen molar-refractivity contribution in [3.63, 3.8) is 0 Å². The Morgan fingerprint density at radius 3 is 2.63 bits per heavy atom. The lowest BCUT2D eigenvalue weighted by molar-refractivity contribution is 0.0779. The fourth-order valence-corrected chi connectivity index (χ4v) is 1.72. The normalized spacial score (nSPS) is 10.3. The van der Waals surface area contributed by atoms with Crippen LogP contribution in [0.5, 0.6) is 0 Å². The Balaban J connectivity index is 2.09. The second kappa shape index (κ2) is 5.75. The maximum Gasteiger partial charge on any atom is 0.274 e. The van der Waals surface area contributed by atoms with Gasteiger partial charge in [0.1, 0.15) is 16.7 Å². The van der Waals surface area contributed by atoms with Crippen LogP contribution in [0, 0.1) is 5.82 Å². The van der Waals surface area contributed by atoms with Gasteiger partial charge in [0.2, 0.25) is 0 Å². The van der Waals surface area contributed by atoms with Gasteiger partial charge in [-0.05, 0) is 17.7 Å². The van der Waals surface area contributed by atoms with Gasteiger partial charge in [-0.1, -0.05) is 23.7 Å². The lowest BCUT2D eigenvalue weighted by Gasteiger charge is -2.16. The van der Waals surface area contributed by atoms with Crippen LogP contribution in [-0.2, 0) is 6.54 Å². The quantitative estimate of drug-likeness (QED) is 0.867. The summed E-state index contributed by atoms with van der Waals surface area (Å²) in [6.07, 6.45) is 2.72. The standard InChI is InChI=1S/C13H11ClFN3O/c1-18(8-9-2-4-10(15)5-3-9)13(19)11-6-16-7-12(14)17-11/h2-7H,8H2,1H3. The number of benzene rings is 1. The number of hydrogen-bond acceptors (Lipinski definition) is 3. The minimum Gasteiger partial charge on any atom is -0.336 e. The van der Waals surface area contributed by atoms with Crippen molar-refractivity contribution in [3.8, 4) is 0 Å². The maximum atomic E-state index is 12.8. The van der Waals surface area contributed by atoms with Crippen LogP contribution >= 0.6 is 11.6 Å². The zero-order valence-electron chi connectivity index (χ0n) is 10.2. The summed E-state index contributed by atoms with van der Waals surface area (Å²) in [6, 6.07) is 5.96. The van der Waals surface area contributed by atoms with E-state index in [0.29, 0.717) is 6.54 Å². The Morgan fingerprint density at radius 1 is 1.32 bits per heavy atom. The molecule has 0 aliphatic heterocycles. The Hall–Kier alpha value is -2.01. The van der Waals surface area contributed by atoms with Crippen molar-refractivity contribution in [2.75, 3.05) is 7.05 Å². The van der Waals surface area contributed by atoms with Crippen LogP contribution in [0.1, 0.15) is 16.1 Å². The summed E-state index contributed by atoms with van der Waals surface area (Å²) in [6.45, 7) is 0.354. The van der Waals surface area contributed by atoms with E-state index in [9.17, 15) is 9.18 Å². The fraction of sp³-hybridized carbons (Fsp3) is 0.154. The summed E-state index contributed by atoms with van der Waals surface area (Å²) in [5, 5.41) is 0.168. The Labute approximate surface area is 114 Å². The number of carbonyl (C=O) groups is 1. The first-order chi connectivity index (χ1) is 9.06. The highest BCUT2D eigenvalue weighted by molar-refractivity contribution is 6.29. The molecule has 4 nitrogen and oxygen atoms in total. The van der Waals surface area contributed by atoms with E-state index in [2.05, 4.69) is 9.97 Å². The summed E-state index contributed by atoms with van der Waals surface area (Å²) in [5.41, 5.74) is 1.00. The molecule has 0 fully saturated rings. The summed E-state index contributed by atoms with van der Waals surface area (Å²) in [5.74, 6) is -0.599. The molecule has 1 amide bonds. The Bertz CT molecular complexity index is 589. The first-order valence-electron chi connectivity index (χ1n) is 5.54. The van der Waals surface area contributed by atoms with E-state index in [0.717, 1.165) is 5.56 Å². The molecule has 1 heterocycles. The van der Waals surface area contributed by atoms with E-state index < -0.39 is 0 Å². The number of nitrogens with zero attached hydrogens (tertiary/aromatic N) is 3. The minimum atomic E-state index is -0.307. The molecule has 2 rings (SSSR count). The monoisotopic (exact) mass is 279 g/mol. The van der Waals surface area contributed by atoms with Crippen molar-refractivity contribution in [3.05, 3.63) is 58.9 Å². The van der Waals surface area contributed by atoms with Gasteiger partial charge in [-0.25, -0.2) is 9.37 Å². The van der Waals surface area contributed by atoms with Crippen LogP contribution in [-0.4, -0.2) is 27.8 Å². The average Bonchev–Trinajstić information content (AvgIpc) is 2.40. The summed E-state index contributed by atoms with van der Waals surface area (Å²) in [7, 11) is 1.63. The molecule has 0 spiro atoms. The highest BCUT2D eigenvalue weighted by Gasteiger charge is 2.14. The van der Waals surface area contributed by atoms with Crippen LogP contribution in [0.3, 0.4) is 0 Å². The van der Waals surface area contributed by atoms with E-state index in [4.69, 9.17) is 11.6 Å². The second-order valence-electron chi connectivity index (χ2n) is 4.01. The first-order valence-corrected chi connectivity index (χ1v) is 5.91. The highest BCUT2D eigenvalue weighted by atomic mass is 35.5. The molecule has 0 radical (unpaired) electrons. The van der Waals surface area contributed by atoms with Crippen LogP contribution in [0.15, 0.2) is 36.7 Å². The number of aromatic nitrogens is 2. The smallest absolute Gasteiger partial charge is 0.274 e. The Kier molecular flexibility index (Phi) is 4.06. The van der Waals surface area contributed by atoms with Crippen LogP contribution < -0.4 is 0 Å². The van der Waals surface area contributed by atoms with E-state index in [-0.39, 0.29) is 22.6 Å². The van der Waals surface area contributed by atoms with Crippen LogP contribution in [0.4, 0.5) is 4.39 Å². The molecule has 19 heavy (non-hydrogen) atoms. The van der Waals surface area contributed by atoms with Crippen molar-refractivity contribution in [2.24, 2.45) is 0 Å². The predicted octanol–water partition coefficient (Wildman–Crippen LogP) is 2.54. The molecule has 6 heteroatoms. The molecular formula is C13H11ClFN3O. The third-order valence-electron chi connectivity index (χ3n) is 2.50. The topological polar surface area (TPSA) is 46.1 Å². The van der Waals surface area contributed by atoms with Gasteiger partial charge in [-0.3, -0.25) is 9.78 Å². The van der Waals surface area contributed by atoms with E-state index in [1.54, 1.807) is 19.2 Å². The fourth-order valence-electron chi connectivity index (χ4n) is 1.58. The Morgan fingerprint density at radius 2 is 2.00 bits per heavy atom. The molecule has 0 saturated heterocycles. The second-order valence-corrected chi connectivity index (χ2v) is 4.40. The SMILES string of the molecule is CN(Cc1ccc(F)cc1)C(=O)c1cncc(Cl)n1. The summed E-state index contributed by atoms with van der Waals surface area (Å²) >= 11 is 5.69. The van der Waals surface area contributed by atoms with E-state index >= 15 is 0 Å². The third kappa shape index (κ3) is 3.48. The van der Waals surface area contributed by atoms with Crippen molar-refractivity contribution >= 4 is 17.5 Å². The largest absolute Gasteiger partial charge is 0.336 e. The average molecular weight is 280 g/mol. The summed E-state index contributed by atoms with van der Waals surface area (Å²) < 4.78 is 12.8. The van der Waals surface area contributed by atoms with Gasteiger partial charge in [0.15, 0.2) is 0 Å². The zero-order chi connectivity index (χ0) is 13.8. The zero-order valence-corrected chi connectivity index (χ0v) is 10.9. The number of carbonyl (C=O) groups excluding carboxylic acids is 1. The number of amides is 1. The van der Waals surface area contributed by atoms with Gasteiger partial charge in [0.25, 0.3) is 5.91 Å². The molecule has 0 aliphatic carbocycles. The molecule has 2 aromatic rings. The predicted molar refractivity (Wildman–Crippen MR) is 69.2 cm³/mol. The van der Waals surface area contributed by atoms with Gasteiger partial charge in [0, 0.05) is 13.6 Å². The van der Waals surface area contributed by atoms with E-state index in [1.807, 2.05) is 0 Å². The molecule has 0 atom stereocenters. The minimum absolute atomic E-state index is 0.168. The van der Waals surface area contributed by atoms with E-state index in [1.165, 1.54) is 29.4 Å². The van der Waals surface area contributed by atoms with Crippen molar-refractivity contribution in [1.29, 1.82) is 0 Å². The van der Waals surface area contributed by atoms with Crippen molar-refractivity contribution in [2.45, 2.75) is 6.54 Å². The number of halogens is 2. The van der Waals surface area contributed by atoms with Gasteiger partial charge in [-0.2, -0.15) is 0 Å². The molecule has 1 aromatic heterocycles. The van der Waals surface area contributed by atoms with Crippen LogP contribution in [0.25, 0.3) is 0 Å². The number of rotatable bonds is 3. The summed E-state index contributed by atoms with van der Waals surface area (Å²) in [4.78, 5) is 21.2. The molecule has 0 N–H and O–H groups in total. The lowest BCUT2D eigenvalue weighted by atomic mass is 10.2. The van der Waals surface area contributed by atoms with Gasteiger partial charge < -0.3 is 4.90 Å². The first kappa shape index (κ1) is 13.4. The molecule has 0 bridgehead atoms. The van der Waals surface area contributed by atoms with Crippen LogP contribution in [0.2, 0.25) is 5.15 Å². The van der Waals surface area contributed by atoms with Crippen molar-refractivity contribution < 1.29 is 9.18 Å². The lowest BCUT2D eigenvalue weighted by Crippen LogP contribution is -2.27. The molecule has 0 saturated carbocycles. The molecular weight excluding hydrogens is 269 g/mol. The van der Waals surface area contributed by atoms with Gasteiger partial charge in [-0.15, -0.1) is 0 Å². The number of hydrogen-bond donors (Lipinski definition) is 0. The van der Waals surface area contributed by atoms with Crippen molar-refractivity contribution in [1.82, 2.24) is 14.9 Å². The molecule has 0 unspecified atom stereocenters. The highest BCUT2D eigenvalue weighted by Crippen LogP contribution is 2.09. The molecule has 0 aliphatic rings. The molecule has 1 aromatic carbocycles. The molecule has 98 valence electrons. The van der Waals surface area contributed by atoms with Gasteiger partial charge in [0.05, 0.1) is 12.4 Å². The third-order valence-corrected chi connectivity index (χ3v) is 2.69. The maximum absolute atomic E-state index is 12.8.